The summed E-state index contributed by atoms with van der Waals surface area (Å²) >= 11 is 0. The monoisotopic (exact) mass is 406 g/mol. The summed E-state index contributed by atoms with van der Waals surface area (Å²) in [7, 11) is 1.80. The summed E-state index contributed by atoms with van der Waals surface area (Å²) in [5.41, 5.74) is 4.19. The second-order valence-corrected chi connectivity index (χ2v) is 11.7. The molecule has 0 atom stereocenters. The van der Waals surface area contributed by atoms with E-state index in [2.05, 4.69) is 76.9 Å². The van der Waals surface area contributed by atoms with Crippen molar-refractivity contribution in [1.82, 2.24) is 4.98 Å². The Kier molecular flexibility index (Phi) is 5.45. The molecule has 0 aliphatic carbocycles. The first kappa shape index (κ1) is 22.9. The Hall–Kier alpha value is -1.78. The van der Waals surface area contributed by atoms with Crippen molar-refractivity contribution in [3.8, 4) is 0 Å². The topological polar surface area (TPSA) is 45.2 Å². The zero-order valence-corrected chi connectivity index (χ0v) is 20.3. The van der Waals surface area contributed by atoms with Gasteiger partial charge in [-0.2, -0.15) is 0 Å². The molecule has 0 saturated heterocycles. The minimum atomic E-state index is -0.966. The summed E-state index contributed by atoms with van der Waals surface area (Å²) in [6.45, 7) is 20.8. The van der Waals surface area contributed by atoms with E-state index in [-0.39, 0.29) is 10.8 Å². The van der Waals surface area contributed by atoms with Gasteiger partial charge in [0.25, 0.3) is 0 Å². The van der Waals surface area contributed by atoms with Crippen molar-refractivity contribution in [3.63, 3.8) is 0 Å². The Labute approximate surface area is 182 Å². The number of aromatic nitrogens is 1. The van der Waals surface area contributed by atoms with Gasteiger partial charge in [-0.25, -0.2) is 0 Å². The number of nitrogens with one attached hydrogen (secondary N) is 1. The minimum absolute atomic E-state index is 0.00772. The van der Waals surface area contributed by atoms with Gasteiger partial charge < -0.3 is 14.7 Å². The number of fused-ring (bicyclic) bond motifs is 3. The fourth-order valence-corrected chi connectivity index (χ4v) is 3.37. The maximum absolute atomic E-state index is 10.5. The van der Waals surface area contributed by atoms with Crippen molar-refractivity contribution < 1.29 is 9.76 Å². The molecule has 0 spiro atoms. The highest BCUT2D eigenvalue weighted by molar-refractivity contribution is 6.51. The van der Waals surface area contributed by atoms with Crippen LogP contribution in [0.5, 0.6) is 0 Å². The average Bonchev–Trinajstić information content (AvgIpc) is 2.95. The third kappa shape index (κ3) is 4.31. The summed E-state index contributed by atoms with van der Waals surface area (Å²) in [5.74, 6) is 0. The van der Waals surface area contributed by atoms with Crippen LogP contribution < -0.4 is 5.46 Å². The third-order valence-corrected chi connectivity index (χ3v) is 6.42. The molecule has 3 rings (SSSR count). The van der Waals surface area contributed by atoms with Crippen LogP contribution in [0, 0.1) is 0 Å². The highest BCUT2D eigenvalue weighted by Gasteiger charge is 2.36. The number of benzene rings is 2. The molecule has 0 aliphatic heterocycles. The molecule has 1 aromatic heterocycles. The van der Waals surface area contributed by atoms with Crippen molar-refractivity contribution in [2.75, 3.05) is 0 Å². The lowest BCUT2D eigenvalue weighted by Gasteiger charge is -2.37. The fourth-order valence-electron chi connectivity index (χ4n) is 3.37. The van der Waals surface area contributed by atoms with E-state index >= 15 is 0 Å². The summed E-state index contributed by atoms with van der Waals surface area (Å²) in [6.07, 6.45) is 0. The Morgan fingerprint density at radius 3 is 1.87 bits per heavy atom. The van der Waals surface area contributed by atoms with E-state index in [1.54, 1.807) is 21.3 Å². The molecular weight excluding hydrogens is 369 g/mol. The predicted molar refractivity (Wildman–Crippen MR) is 130 cm³/mol. The maximum atomic E-state index is 10.5. The van der Waals surface area contributed by atoms with Gasteiger partial charge >= 0.3 is 7.48 Å². The van der Waals surface area contributed by atoms with Gasteiger partial charge in [-0.3, -0.25) is 0 Å². The van der Waals surface area contributed by atoms with Crippen LogP contribution in [0.2, 0.25) is 0 Å². The van der Waals surface area contributed by atoms with Gasteiger partial charge in [0.2, 0.25) is 0 Å². The Morgan fingerprint density at radius 2 is 1.33 bits per heavy atom. The van der Waals surface area contributed by atoms with Crippen molar-refractivity contribution in [1.29, 1.82) is 0 Å². The highest BCUT2D eigenvalue weighted by atomic mass is 16.5. The second kappa shape index (κ2) is 7.14. The standard InChI is InChI=1S/C26H37BNO2/c1-23(2,3)16-11-12-21-18(13-16)19-14-17(24(4,5)6)15-20(22(19)28-21)27-30-26(9,10)25(7,8)29/h11-15,28-29H,1-10H3. The van der Waals surface area contributed by atoms with Crippen LogP contribution in [-0.2, 0) is 15.5 Å². The van der Waals surface area contributed by atoms with E-state index < -0.39 is 11.2 Å². The zero-order valence-electron chi connectivity index (χ0n) is 20.3. The van der Waals surface area contributed by atoms with Crippen LogP contribution in [0.25, 0.3) is 21.8 Å². The lowest BCUT2D eigenvalue weighted by atomic mass is 9.77. The van der Waals surface area contributed by atoms with Gasteiger partial charge in [0.05, 0.1) is 11.2 Å². The van der Waals surface area contributed by atoms with E-state index in [9.17, 15) is 5.11 Å². The molecule has 0 amide bonds. The number of rotatable bonds is 4. The minimum Gasteiger partial charge on any atom is -0.427 e. The highest BCUT2D eigenvalue weighted by Crippen LogP contribution is 2.33. The quantitative estimate of drug-likeness (QED) is 0.544. The lowest BCUT2D eigenvalue weighted by Crippen LogP contribution is -2.49. The summed E-state index contributed by atoms with van der Waals surface area (Å²) in [4.78, 5) is 3.61. The molecule has 161 valence electrons. The molecule has 0 saturated carbocycles. The molecule has 3 nitrogen and oxygen atoms in total. The van der Waals surface area contributed by atoms with Crippen LogP contribution in [0.1, 0.15) is 80.4 Å². The van der Waals surface area contributed by atoms with E-state index in [1.165, 1.54) is 21.9 Å². The van der Waals surface area contributed by atoms with E-state index in [0.717, 1.165) is 16.5 Å². The largest absolute Gasteiger partial charge is 0.427 e. The van der Waals surface area contributed by atoms with Crippen LogP contribution >= 0.6 is 0 Å². The van der Waals surface area contributed by atoms with Crippen molar-refractivity contribution >= 4 is 34.8 Å². The maximum Gasteiger partial charge on any atom is 0.333 e. The molecule has 1 heterocycles. The summed E-state index contributed by atoms with van der Waals surface area (Å²) in [6, 6.07) is 11.2. The summed E-state index contributed by atoms with van der Waals surface area (Å²) in [5, 5.41) is 12.9. The van der Waals surface area contributed by atoms with Crippen LogP contribution in [0.15, 0.2) is 30.3 Å². The van der Waals surface area contributed by atoms with Gasteiger partial charge in [-0.05, 0) is 73.3 Å². The summed E-state index contributed by atoms with van der Waals surface area (Å²) < 4.78 is 6.13. The van der Waals surface area contributed by atoms with Gasteiger partial charge in [0, 0.05) is 21.8 Å². The zero-order chi connectivity index (χ0) is 22.7. The molecule has 1 radical (unpaired) electrons. The molecule has 0 aliphatic rings. The van der Waals surface area contributed by atoms with Gasteiger partial charge in [0.15, 0.2) is 0 Å². The first-order valence-electron chi connectivity index (χ1n) is 10.8. The van der Waals surface area contributed by atoms with Crippen LogP contribution in [0.4, 0.5) is 0 Å². The first-order chi connectivity index (χ1) is 13.5. The van der Waals surface area contributed by atoms with E-state index in [0.29, 0.717) is 0 Å². The first-order valence-corrected chi connectivity index (χ1v) is 10.8. The van der Waals surface area contributed by atoms with Gasteiger partial charge in [-0.15, -0.1) is 0 Å². The molecule has 3 aromatic rings. The third-order valence-electron chi connectivity index (χ3n) is 6.42. The molecule has 0 fully saturated rings. The molecule has 2 N–H and O–H groups in total. The van der Waals surface area contributed by atoms with E-state index in [4.69, 9.17) is 4.65 Å². The second-order valence-electron chi connectivity index (χ2n) is 11.7. The number of hydrogen-bond acceptors (Lipinski definition) is 2. The normalized spacial score (nSPS) is 14.0. The van der Waals surface area contributed by atoms with Crippen molar-refractivity contribution in [2.24, 2.45) is 0 Å². The fraction of sp³-hybridized carbons (Fsp3) is 0.538. The number of aromatic amines is 1. The van der Waals surface area contributed by atoms with Crippen molar-refractivity contribution in [3.05, 3.63) is 41.5 Å². The van der Waals surface area contributed by atoms with Crippen LogP contribution in [-0.4, -0.2) is 28.8 Å². The van der Waals surface area contributed by atoms with Gasteiger partial charge in [-0.1, -0.05) is 53.7 Å². The Morgan fingerprint density at radius 1 is 0.767 bits per heavy atom. The SMILES string of the molecule is CC(C)(C)c1ccc2[nH]c3c([B]OC(C)(C)C(C)(C)O)cc(C(C)(C)C)cc3c2c1. The number of hydrogen-bond donors (Lipinski definition) is 2. The Balaban J connectivity index is 2.21. The average molecular weight is 406 g/mol. The lowest BCUT2D eigenvalue weighted by molar-refractivity contribution is -0.0893. The predicted octanol–water partition coefficient (Wildman–Crippen LogP) is 5.73. The van der Waals surface area contributed by atoms with E-state index in [1.807, 2.05) is 13.8 Å². The number of aliphatic hydroxyl groups is 1. The van der Waals surface area contributed by atoms with Gasteiger partial charge in [0.1, 0.15) is 0 Å². The Bertz CT molecular complexity index is 1070. The smallest absolute Gasteiger partial charge is 0.333 e. The molecule has 0 bridgehead atoms. The molecule has 4 heteroatoms. The van der Waals surface area contributed by atoms with Crippen LogP contribution in [0.3, 0.4) is 0 Å². The number of H-pyrrole nitrogens is 1. The molecule has 0 unspecified atom stereocenters. The molecule has 2 aromatic carbocycles. The molecular formula is C26H37BNO2. The van der Waals surface area contributed by atoms with Crippen molar-refractivity contribution in [2.45, 2.75) is 91.3 Å². The molecule has 30 heavy (non-hydrogen) atoms.